The highest BCUT2D eigenvalue weighted by Crippen LogP contribution is 2.44. The lowest BCUT2D eigenvalue weighted by molar-refractivity contribution is 0.00578. The van der Waals surface area contributed by atoms with E-state index in [0.717, 1.165) is 16.7 Å². The van der Waals surface area contributed by atoms with Crippen LogP contribution in [0.25, 0.3) is 17.2 Å². The molecule has 38 heavy (non-hydrogen) atoms. The Morgan fingerprint density at radius 1 is 0.947 bits per heavy atom. The smallest absolute Gasteiger partial charge is 0.449 e. The summed E-state index contributed by atoms with van der Waals surface area (Å²) in [5.74, 6) is 5.59. The molecule has 0 spiro atoms. The van der Waals surface area contributed by atoms with E-state index in [4.69, 9.17) is 19.9 Å². The highest BCUT2D eigenvalue weighted by atomic mass is 16.7. The molecule has 1 aliphatic heterocycles. The van der Waals surface area contributed by atoms with E-state index in [1.165, 1.54) is 22.3 Å². The second kappa shape index (κ2) is 10.3. The molecule has 5 rings (SSSR count). The predicted octanol–water partition coefficient (Wildman–Crippen LogP) is 5.53. The number of fused-ring (bicyclic) bond motifs is 3. The fourth-order valence-electron chi connectivity index (χ4n) is 4.95. The van der Waals surface area contributed by atoms with Crippen molar-refractivity contribution in [1.29, 1.82) is 0 Å². The third-order valence-electron chi connectivity index (χ3n) is 7.74. The number of benzene rings is 3. The summed E-state index contributed by atoms with van der Waals surface area (Å²) in [4.78, 5) is 12.9. The van der Waals surface area contributed by atoms with Crippen molar-refractivity contribution in [1.82, 2.24) is 5.32 Å². The number of alkyl carbamates (subject to hydrolysis) is 1. The van der Waals surface area contributed by atoms with Gasteiger partial charge in [0, 0.05) is 18.2 Å². The fraction of sp³-hybridized carbons (Fsp3) is 0.300. The number of nitrogens with one attached hydrogen (secondary N) is 2. The normalized spacial score (nSPS) is 17.6. The van der Waals surface area contributed by atoms with Gasteiger partial charge in [0.2, 0.25) is 0 Å². The molecule has 1 amide bonds. The third kappa shape index (κ3) is 5.07. The van der Waals surface area contributed by atoms with Crippen molar-refractivity contribution in [2.45, 2.75) is 44.8 Å². The number of nitrogen functional groups attached to an aromatic ring is 1. The lowest BCUT2D eigenvalue weighted by Crippen LogP contribution is -2.41. The van der Waals surface area contributed by atoms with Gasteiger partial charge in [-0.3, -0.25) is 5.84 Å². The molecule has 3 aromatic rings. The molecule has 196 valence electrons. The SMILES string of the molecule is CC1(C)OB(C(=Cc2cccc(NN)c2)CNC(=O)OCC2c3ccccc3-c3ccccc32)OC1(C)C. The molecule has 7 nitrogen and oxygen atoms in total. The molecule has 0 saturated carbocycles. The highest BCUT2D eigenvalue weighted by molar-refractivity contribution is 6.56. The summed E-state index contributed by atoms with van der Waals surface area (Å²) in [6.45, 7) is 8.46. The second-order valence-corrected chi connectivity index (χ2v) is 10.8. The van der Waals surface area contributed by atoms with Crippen LogP contribution in [0.3, 0.4) is 0 Å². The first-order valence-corrected chi connectivity index (χ1v) is 12.9. The van der Waals surface area contributed by atoms with Gasteiger partial charge in [-0.2, -0.15) is 0 Å². The van der Waals surface area contributed by atoms with Crippen LogP contribution in [0.4, 0.5) is 10.5 Å². The van der Waals surface area contributed by atoms with E-state index in [1.54, 1.807) is 0 Å². The Balaban J connectivity index is 1.30. The minimum Gasteiger partial charge on any atom is -0.449 e. The van der Waals surface area contributed by atoms with E-state index in [0.29, 0.717) is 0 Å². The molecule has 0 atom stereocenters. The number of carbonyl (C=O) groups is 1. The molecule has 1 aliphatic carbocycles. The van der Waals surface area contributed by atoms with Crippen molar-refractivity contribution in [3.05, 3.63) is 95.0 Å². The van der Waals surface area contributed by atoms with Crippen molar-refractivity contribution in [3.63, 3.8) is 0 Å². The number of anilines is 1. The third-order valence-corrected chi connectivity index (χ3v) is 7.74. The van der Waals surface area contributed by atoms with Crippen molar-refractivity contribution in [3.8, 4) is 11.1 Å². The van der Waals surface area contributed by atoms with Gasteiger partial charge in [-0.25, -0.2) is 4.79 Å². The van der Waals surface area contributed by atoms with Gasteiger partial charge in [-0.05, 0) is 73.1 Å². The van der Waals surface area contributed by atoms with Gasteiger partial charge in [0.05, 0.1) is 11.2 Å². The number of hydrazine groups is 1. The Morgan fingerprint density at radius 3 is 2.16 bits per heavy atom. The predicted molar refractivity (Wildman–Crippen MR) is 151 cm³/mol. The first-order valence-electron chi connectivity index (χ1n) is 12.9. The van der Waals surface area contributed by atoms with Crippen LogP contribution in [0.1, 0.15) is 50.3 Å². The van der Waals surface area contributed by atoms with E-state index in [9.17, 15) is 4.79 Å². The van der Waals surface area contributed by atoms with Crippen LogP contribution in [0.2, 0.25) is 0 Å². The van der Waals surface area contributed by atoms with E-state index in [1.807, 2.05) is 82.3 Å². The Hall–Kier alpha value is -3.59. The van der Waals surface area contributed by atoms with E-state index in [2.05, 4.69) is 35.0 Å². The van der Waals surface area contributed by atoms with Crippen molar-refractivity contribution >= 4 is 25.0 Å². The van der Waals surface area contributed by atoms with Gasteiger partial charge in [0.1, 0.15) is 6.61 Å². The maximum atomic E-state index is 12.9. The minimum absolute atomic E-state index is 0.00207. The first kappa shape index (κ1) is 26.0. The number of nitrogens with two attached hydrogens (primary N) is 1. The van der Waals surface area contributed by atoms with Crippen molar-refractivity contribution < 1.29 is 18.8 Å². The minimum atomic E-state index is -0.622. The summed E-state index contributed by atoms with van der Waals surface area (Å²) in [5.41, 5.74) is 8.82. The molecular weight excluding hydrogens is 477 g/mol. The summed E-state index contributed by atoms with van der Waals surface area (Å²) in [5, 5.41) is 2.91. The molecule has 2 aliphatic rings. The summed E-state index contributed by atoms with van der Waals surface area (Å²) in [6, 6.07) is 24.2. The molecule has 1 saturated heterocycles. The van der Waals surface area contributed by atoms with E-state index in [-0.39, 0.29) is 19.1 Å². The van der Waals surface area contributed by atoms with Gasteiger partial charge in [-0.15, -0.1) is 0 Å². The highest BCUT2D eigenvalue weighted by Gasteiger charge is 2.52. The Labute approximate surface area is 224 Å². The summed E-state index contributed by atoms with van der Waals surface area (Å²) < 4.78 is 18.3. The van der Waals surface area contributed by atoms with Crippen molar-refractivity contribution in [2.24, 2.45) is 5.84 Å². The second-order valence-electron chi connectivity index (χ2n) is 10.8. The zero-order valence-electron chi connectivity index (χ0n) is 22.3. The zero-order valence-corrected chi connectivity index (χ0v) is 22.3. The number of ether oxygens (including phenoxy) is 1. The molecule has 1 fully saturated rings. The topological polar surface area (TPSA) is 94.8 Å². The summed E-state index contributed by atoms with van der Waals surface area (Å²) in [6.07, 6.45) is 1.46. The Bertz CT molecular complexity index is 1310. The Morgan fingerprint density at radius 2 is 1.55 bits per heavy atom. The average molecular weight is 511 g/mol. The quantitative estimate of drug-likeness (QED) is 0.220. The van der Waals surface area contributed by atoms with E-state index >= 15 is 0 Å². The lowest BCUT2D eigenvalue weighted by Gasteiger charge is -2.32. The van der Waals surface area contributed by atoms with Crippen LogP contribution in [-0.2, 0) is 14.0 Å². The zero-order chi connectivity index (χ0) is 26.9. The fourth-order valence-corrected chi connectivity index (χ4v) is 4.95. The van der Waals surface area contributed by atoms with Crippen LogP contribution in [0, 0.1) is 0 Å². The van der Waals surface area contributed by atoms with Crippen LogP contribution < -0.4 is 16.6 Å². The summed E-state index contributed by atoms with van der Waals surface area (Å²) in [7, 11) is -0.622. The first-order chi connectivity index (χ1) is 18.2. The monoisotopic (exact) mass is 511 g/mol. The lowest BCUT2D eigenvalue weighted by atomic mass is 9.77. The molecule has 0 aromatic heterocycles. The molecule has 0 bridgehead atoms. The van der Waals surface area contributed by atoms with Gasteiger partial charge >= 0.3 is 13.2 Å². The van der Waals surface area contributed by atoms with Crippen LogP contribution in [-0.4, -0.2) is 37.6 Å². The molecule has 1 heterocycles. The van der Waals surface area contributed by atoms with E-state index < -0.39 is 24.4 Å². The molecule has 8 heteroatoms. The van der Waals surface area contributed by atoms with Gasteiger partial charge in [-0.1, -0.05) is 66.7 Å². The Kier molecular flexibility index (Phi) is 7.05. The van der Waals surface area contributed by atoms with Crippen LogP contribution in [0.5, 0.6) is 0 Å². The maximum Gasteiger partial charge on any atom is 0.492 e. The molecule has 0 unspecified atom stereocenters. The van der Waals surface area contributed by atoms with Crippen LogP contribution >= 0.6 is 0 Å². The van der Waals surface area contributed by atoms with Crippen LogP contribution in [0.15, 0.2) is 78.3 Å². The number of amides is 1. The maximum absolute atomic E-state index is 12.9. The summed E-state index contributed by atoms with van der Waals surface area (Å²) >= 11 is 0. The van der Waals surface area contributed by atoms with Gasteiger partial charge in [0.15, 0.2) is 0 Å². The number of hydrogen-bond donors (Lipinski definition) is 3. The van der Waals surface area contributed by atoms with Crippen molar-refractivity contribution in [2.75, 3.05) is 18.6 Å². The van der Waals surface area contributed by atoms with Gasteiger partial charge in [0.25, 0.3) is 0 Å². The number of carbonyl (C=O) groups excluding carboxylic acids is 1. The molecule has 0 radical (unpaired) electrons. The largest absolute Gasteiger partial charge is 0.492 e. The average Bonchev–Trinajstić information content (AvgIpc) is 3.34. The molecule has 4 N–H and O–H groups in total. The number of hydrogen-bond acceptors (Lipinski definition) is 6. The number of rotatable bonds is 7. The standard InChI is InChI=1S/C30H34BN3O4/c1-29(2)30(3,4)38-31(37-29)21(16-20-10-9-11-22(17-20)34-32)18-33-28(35)36-19-27-25-14-7-5-12-23(25)24-13-6-8-15-26(24)27/h5-17,27,34H,18-19,32H2,1-4H3,(H,33,35). The van der Waals surface area contributed by atoms with Gasteiger partial charge < -0.3 is 24.8 Å². The molecule has 3 aromatic carbocycles. The molecular formula is C30H34BN3O4.